The summed E-state index contributed by atoms with van der Waals surface area (Å²) in [6, 6.07) is 8.38. The van der Waals surface area contributed by atoms with Gasteiger partial charge in [0.1, 0.15) is 5.75 Å². The topological polar surface area (TPSA) is 36.9 Å². The average molecular weight is 327 g/mol. The van der Waals surface area contributed by atoms with Crippen molar-refractivity contribution in [1.82, 2.24) is 10.2 Å². The fraction of sp³-hybridized carbons (Fsp3) is 0.650. The molecule has 4 heteroatoms. The largest absolute Gasteiger partial charge is 0.493 e. The maximum absolute atomic E-state index is 6.02. The van der Waals surface area contributed by atoms with Crippen LogP contribution in [0, 0.1) is 11.3 Å². The first-order valence-corrected chi connectivity index (χ1v) is 9.44. The average Bonchev–Trinajstić information content (AvgIpc) is 3.29. The van der Waals surface area contributed by atoms with Gasteiger partial charge in [-0.05, 0) is 49.5 Å². The summed E-state index contributed by atoms with van der Waals surface area (Å²) in [7, 11) is 1.89. The molecule has 130 valence electrons. The smallest absolute Gasteiger partial charge is 0.193 e. The highest BCUT2D eigenvalue weighted by atomic mass is 16.5. The van der Waals surface area contributed by atoms with E-state index in [4.69, 9.17) is 4.74 Å². The number of nitrogens with zero attached hydrogens (tertiary/aromatic N) is 2. The molecule has 0 unspecified atom stereocenters. The summed E-state index contributed by atoms with van der Waals surface area (Å²) in [6.45, 7) is 3.95. The van der Waals surface area contributed by atoms with Gasteiger partial charge in [0.2, 0.25) is 0 Å². The molecule has 0 aromatic heterocycles. The summed E-state index contributed by atoms with van der Waals surface area (Å²) in [5.74, 6) is 2.84. The normalized spacial score (nSPS) is 22.5. The fourth-order valence-corrected chi connectivity index (χ4v) is 3.99. The maximum atomic E-state index is 6.02. The van der Waals surface area contributed by atoms with Crippen LogP contribution in [0.3, 0.4) is 0 Å². The lowest BCUT2D eigenvalue weighted by Gasteiger charge is -2.38. The van der Waals surface area contributed by atoms with E-state index in [1.807, 2.05) is 7.05 Å². The second-order valence-corrected chi connectivity index (χ2v) is 7.79. The van der Waals surface area contributed by atoms with Gasteiger partial charge in [0.15, 0.2) is 5.96 Å². The zero-order chi connectivity index (χ0) is 16.4. The molecule has 2 aliphatic carbocycles. The Kier molecular flexibility index (Phi) is 4.38. The second-order valence-electron chi connectivity index (χ2n) is 7.79. The molecule has 1 heterocycles. The van der Waals surface area contributed by atoms with Crippen molar-refractivity contribution in [2.24, 2.45) is 16.3 Å². The molecule has 1 aromatic rings. The molecular formula is C20H29N3O. The highest BCUT2D eigenvalue weighted by molar-refractivity contribution is 5.80. The van der Waals surface area contributed by atoms with Gasteiger partial charge in [0.25, 0.3) is 0 Å². The predicted octanol–water partition coefficient (Wildman–Crippen LogP) is 3.43. The first-order chi connectivity index (χ1) is 11.8. The Morgan fingerprint density at radius 2 is 2.12 bits per heavy atom. The molecule has 24 heavy (non-hydrogen) atoms. The van der Waals surface area contributed by atoms with Gasteiger partial charge in [-0.1, -0.05) is 24.6 Å². The van der Waals surface area contributed by atoms with Gasteiger partial charge in [-0.2, -0.15) is 0 Å². The number of rotatable bonds is 5. The van der Waals surface area contributed by atoms with E-state index in [-0.39, 0.29) is 0 Å². The van der Waals surface area contributed by atoms with Crippen LogP contribution in [0.4, 0.5) is 0 Å². The minimum atomic E-state index is 0.600. The second kappa shape index (κ2) is 6.66. The molecule has 1 aromatic carbocycles. The first-order valence-electron chi connectivity index (χ1n) is 9.44. The number of hydrogen-bond donors (Lipinski definition) is 1. The third-order valence-corrected chi connectivity index (χ3v) is 5.94. The van der Waals surface area contributed by atoms with Gasteiger partial charge < -0.3 is 15.0 Å². The summed E-state index contributed by atoms with van der Waals surface area (Å²) in [5, 5.41) is 3.55. The summed E-state index contributed by atoms with van der Waals surface area (Å²) in [6.07, 6.45) is 8.19. The molecule has 3 aliphatic rings. The quantitative estimate of drug-likeness (QED) is 0.665. The van der Waals surface area contributed by atoms with Gasteiger partial charge in [-0.3, -0.25) is 4.99 Å². The zero-order valence-electron chi connectivity index (χ0n) is 14.8. The Morgan fingerprint density at radius 3 is 2.79 bits per heavy atom. The molecule has 1 aliphatic heterocycles. The monoisotopic (exact) mass is 327 g/mol. The number of para-hydroxylation sites is 1. The van der Waals surface area contributed by atoms with Crippen LogP contribution >= 0.6 is 0 Å². The number of ether oxygens (including phenoxy) is 1. The number of guanidine groups is 1. The van der Waals surface area contributed by atoms with Crippen molar-refractivity contribution in [3.8, 4) is 5.75 Å². The van der Waals surface area contributed by atoms with Crippen LogP contribution < -0.4 is 10.1 Å². The van der Waals surface area contributed by atoms with E-state index in [1.165, 1.54) is 50.6 Å². The molecule has 3 fully saturated rings. The van der Waals surface area contributed by atoms with Crippen molar-refractivity contribution in [3.05, 3.63) is 29.8 Å². The highest BCUT2D eigenvalue weighted by Gasteiger charge is 2.43. The first kappa shape index (κ1) is 15.8. The molecule has 1 N–H and O–H groups in total. The zero-order valence-corrected chi connectivity index (χ0v) is 14.8. The van der Waals surface area contributed by atoms with E-state index >= 15 is 0 Å². The van der Waals surface area contributed by atoms with E-state index in [0.29, 0.717) is 5.41 Å². The van der Waals surface area contributed by atoms with Crippen LogP contribution in [-0.2, 0) is 6.54 Å². The van der Waals surface area contributed by atoms with Crippen molar-refractivity contribution in [1.29, 1.82) is 0 Å². The van der Waals surface area contributed by atoms with Crippen molar-refractivity contribution in [2.45, 2.75) is 45.1 Å². The number of likely N-dealkylation sites (tertiary alicyclic amines) is 1. The van der Waals surface area contributed by atoms with Gasteiger partial charge in [-0.25, -0.2) is 0 Å². The van der Waals surface area contributed by atoms with Gasteiger partial charge in [-0.15, -0.1) is 0 Å². The highest BCUT2D eigenvalue weighted by Crippen LogP contribution is 2.47. The molecule has 0 amide bonds. The molecule has 0 bridgehead atoms. The Hall–Kier alpha value is -1.71. The lowest BCUT2D eigenvalue weighted by molar-refractivity contribution is 0.151. The maximum Gasteiger partial charge on any atom is 0.193 e. The van der Waals surface area contributed by atoms with Crippen LogP contribution in [0.2, 0.25) is 0 Å². The van der Waals surface area contributed by atoms with Crippen molar-refractivity contribution >= 4 is 5.96 Å². The van der Waals surface area contributed by atoms with Crippen molar-refractivity contribution in [2.75, 3.05) is 26.7 Å². The summed E-state index contributed by atoms with van der Waals surface area (Å²) < 4.78 is 6.02. The van der Waals surface area contributed by atoms with Crippen LogP contribution in [0.1, 0.15) is 44.1 Å². The van der Waals surface area contributed by atoms with Gasteiger partial charge in [0.05, 0.1) is 6.61 Å². The third kappa shape index (κ3) is 3.38. The summed E-state index contributed by atoms with van der Waals surface area (Å²) >= 11 is 0. The molecule has 0 radical (unpaired) electrons. The lowest BCUT2D eigenvalue weighted by Crippen LogP contribution is -2.42. The van der Waals surface area contributed by atoms with E-state index in [2.05, 4.69) is 39.5 Å². The number of aliphatic imine (C=N–C) groups is 1. The minimum Gasteiger partial charge on any atom is -0.493 e. The number of hydrogen-bond acceptors (Lipinski definition) is 2. The summed E-state index contributed by atoms with van der Waals surface area (Å²) in [4.78, 5) is 6.95. The molecule has 2 saturated carbocycles. The van der Waals surface area contributed by atoms with E-state index in [1.54, 1.807) is 0 Å². The van der Waals surface area contributed by atoms with Crippen molar-refractivity contribution < 1.29 is 4.74 Å². The van der Waals surface area contributed by atoms with Crippen LogP contribution in [0.5, 0.6) is 5.75 Å². The molecular weight excluding hydrogens is 298 g/mol. The molecule has 0 atom stereocenters. The Morgan fingerprint density at radius 1 is 1.29 bits per heavy atom. The Bertz CT molecular complexity index is 605. The van der Waals surface area contributed by atoms with Gasteiger partial charge >= 0.3 is 0 Å². The third-order valence-electron chi connectivity index (χ3n) is 5.94. The Balaban J connectivity index is 1.35. The van der Waals surface area contributed by atoms with Crippen LogP contribution in [-0.4, -0.2) is 37.6 Å². The fourth-order valence-electron chi connectivity index (χ4n) is 3.99. The number of benzene rings is 1. The standard InChI is InChI=1S/C20H29N3O/c1-21-19(23-12-11-20(15-23)9-4-10-20)22-13-17-5-2-3-6-18(17)24-14-16-7-8-16/h2-3,5-6,16H,4,7-15H2,1H3,(H,21,22). The predicted molar refractivity (Wildman–Crippen MR) is 97.3 cm³/mol. The molecule has 4 nitrogen and oxygen atoms in total. The SMILES string of the molecule is CN=C(NCc1ccccc1OCC1CC1)N1CCC2(CCC2)C1. The minimum absolute atomic E-state index is 0.600. The van der Waals surface area contributed by atoms with Crippen molar-refractivity contribution in [3.63, 3.8) is 0 Å². The van der Waals surface area contributed by atoms with Gasteiger partial charge in [0, 0.05) is 32.2 Å². The Labute approximate surface area is 145 Å². The molecule has 4 rings (SSSR count). The van der Waals surface area contributed by atoms with E-state index < -0.39 is 0 Å². The molecule has 1 spiro atoms. The molecule has 1 saturated heterocycles. The van der Waals surface area contributed by atoms with E-state index in [0.717, 1.165) is 37.3 Å². The van der Waals surface area contributed by atoms with Crippen LogP contribution in [0.15, 0.2) is 29.3 Å². The lowest BCUT2D eigenvalue weighted by atomic mass is 9.68. The van der Waals surface area contributed by atoms with Crippen LogP contribution in [0.25, 0.3) is 0 Å². The number of nitrogens with one attached hydrogen (secondary N) is 1. The van der Waals surface area contributed by atoms with E-state index in [9.17, 15) is 0 Å². The summed E-state index contributed by atoms with van der Waals surface area (Å²) in [5.41, 5.74) is 1.82.